The number of ether oxygens (including phenoxy) is 1. The lowest BCUT2D eigenvalue weighted by atomic mass is 10.0. The van der Waals surface area contributed by atoms with Crippen LogP contribution in [0.5, 0.6) is 0 Å². The molecule has 1 fully saturated rings. The maximum Gasteiger partial charge on any atom is 0.392 e. The molecule has 1 aliphatic rings. The van der Waals surface area contributed by atoms with Gasteiger partial charge in [0.05, 0.1) is 13.2 Å². The second kappa shape index (κ2) is 7.38. The van der Waals surface area contributed by atoms with Crippen molar-refractivity contribution in [2.24, 2.45) is 0 Å². The van der Waals surface area contributed by atoms with Gasteiger partial charge in [-0.2, -0.15) is 26.3 Å². The van der Waals surface area contributed by atoms with Crippen molar-refractivity contribution in [3.8, 4) is 0 Å². The average molecular weight is 372 g/mol. The van der Waals surface area contributed by atoms with Gasteiger partial charge in [0, 0.05) is 33.2 Å². The quantitative estimate of drug-likeness (QED) is 0.641. The van der Waals surface area contributed by atoms with E-state index in [1.807, 2.05) is 0 Å². The summed E-state index contributed by atoms with van der Waals surface area (Å²) in [5, 5.41) is 0. The number of hydrogen-bond donors (Lipinski definition) is 0. The van der Waals surface area contributed by atoms with Crippen LogP contribution in [-0.2, 0) is 9.53 Å². The molecule has 1 rings (SSSR count). The van der Waals surface area contributed by atoms with Crippen molar-refractivity contribution in [2.75, 3.05) is 46.4 Å². The number of amides is 1. The molecule has 0 aliphatic carbocycles. The van der Waals surface area contributed by atoms with Gasteiger partial charge in [-0.1, -0.05) is 0 Å². The Bertz CT molecular complexity index is 441. The van der Waals surface area contributed by atoms with Crippen LogP contribution in [-0.4, -0.2) is 86.3 Å². The SMILES string of the molecule is CN(CCN1CCOCC1)C(=O)C(F)(F)C(F)(F)C(F)(F)C(F)F. The topological polar surface area (TPSA) is 32.8 Å². The Morgan fingerprint density at radius 1 is 1.12 bits per heavy atom. The highest BCUT2D eigenvalue weighted by molar-refractivity contribution is 5.84. The van der Waals surface area contributed by atoms with Crippen molar-refractivity contribution in [3.63, 3.8) is 0 Å². The third-order valence-corrected chi connectivity index (χ3v) is 3.56. The first-order valence-corrected chi connectivity index (χ1v) is 6.83. The highest BCUT2D eigenvalue weighted by Gasteiger charge is 2.78. The van der Waals surface area contributed by atoms with Crippen molar-refractivity contribution >= 4 is 5.91 Å². The first kappa shape index (κ1) is 20.9. The smallest absolute Gasteiger partial charge is 0.379 e. The Labute approximate surface area is 132 Å². The molecule has 4 nitrogen and oxygen atoms in total. The number of hydrogen-bond acceptors (Lipinski definition) is 3. The van der Waals surface area contributed by atoms with E-state index < -0.39 is 36.6 Å². The van der Waals surface area contributed by atoms with Gasteiger partial charge in [-0.15, -0.1) is 0 Å². The molecule has 1 amide bonds. The Morgan fingerprint density at radius 3 is 2.08 bits per heavy atom. The monoisotopic (exact) mass is 372 g/mol. The molecule has 0 bridgehead atoms. The molecule has 0 unspecified atom stereocenters. The summed E-state index contributed by atoms with van der Waals surface area (Å²) in [5.41, 5.74) is 0. The minimum absolute atomic E-state index is 0.0124. The van der Waals surface area contributed by atoms with Crippen molar-refractivity contribution in [1.29, 1.82) is 0 Å². The molecule has 24 heavy (non-hydrogen) atoms. The highest BCUT2D eigenvalue weighted by Crippen LogP contribution is 2.49. The summed E-state index contributed by atoms with van der Waals surface area (Å²) < 4.78 is 108. The molecule has 0 spiro atoms. The van der Waals surface area contributed by atoms with Crippen LogP contribution in [0.15, 0.2) is 0 Å². The van der Waals surface area contributed by atoms with Gasteiger partial charge in [-0.05, 0) is 0 Å². The number of rotatable bonds is 7. The molecule has 0 atom stereocenters. The molecule has 12 heteroatoms. The van der Waals surface area contributed by atoms with E-state index in [0.29, 0.717) is 33.4 Å². The van der Waals surface area contributed by atoms with Crippen molar-refractivity contribution < 1.29 is 44.7 Å². The first-order chi connectivity index (χ1) is 10.9. The summed E-state index contributed by atoms with van der Waals surface area (Å²) in [6.45, 7) is 1.08. The Morgan fingerprint density at radius 2 is 1.62 bits per heavy atom. The molecule has 1 aliphatic heterocycles. The largest absolute Gasteiger partial charge is 0.392 e. The van der Waals surface area contributed by atoms with Crippen LogP contribution in [0.3, 0.4) is 0 Å². The second-order valence-corrected chi connectivity index (χ2v) is 5.25. The molecule has 0 saturated carbocycles. The molecule has 0 aromatic rings. The van der Waals surface area contributed by atoms with Gasteiger partial charge in [-0.25, -0.2) is 8.78 Å². The fourth-order valence-electron chi connectivity index (χ4n) is 1.94. The molecule has 0 aromatic carbocycles. The number of nitrogens with zero attached hydrogens (tertiary/aromatic N) is 2. The maximum atomic E-state index is 13.5. The Balaban J connectivity index is 2.78. The van der Waals surface area contributed by atoms with E-state index in [9.17, 15) is 39.9 Å². The van der Waals surface area contributed by atoms with Crippen LogP contribution in [0.2, 0.25) is 0 Å². The number of halogens is 8. The van der Waals surface area contributed by atoms with Crippen molar-refractivity contribution in [2.45, 2.75) is 24.2 Å². The summed E-state index contributed by atoms with van der Waals surface area (Å²) >= 11 is 0. The lowest BCUT2D eigenvalue weighted by Crippen LogP contribution is -2.63. The van der Waals surface area contributed by atoms with Crippen LogP contribution < -0.4 is 0 Å². The zero-order chi connectivity index (χ0) is 18.8. The highest BCUT2D eigenvalue weighted by atomic mass is 19.4. The van der Waals surface area contributed by atoms with E-state index in [2.05, 4.69) is 0 Å². The van der Waals surface area contributed by atoms with Crippen LogP contribution in [0.25, 0.3) is 0 Å². The number of alkyl halides is 8. The fourth-order valence-corrected chi connectivity index (χ4v) is 1.94. The van der Waals surface area contributed by atoms with Gasteiger partial charge >= 0.3 is 24.2 Å². The summed E-state index contributed by atoms with van der Waals surface area (Å²) in [6.07, 6.45) is -5.05. The molecule has 0 radical (unpaired) electrons. The van der Waals surface area contributed by atoms with Crippen LogP contribution in [0, 0.1) is 0 Å². The Kier molecular flexibility index (Phi) is 6.42. The van der Waals surface area contributed by atoms with E-state index in [0.717, 1.165) is 0 Å². The van der Waals surface area contributed by atoms with E-state index in [4.69, 9.17) is 4.74 Å². The van der Waals surface area contributed by atoms with Crippen LogP contribution >= 0.6 is 0 Å². The van der Waals surface area contributed by atoms with E-state index in [1.54, 1.807) is 4.90 Å². The number of carbonyl (C=O) groups excluding carboxylic acids is 1. The van der Waals surface area contributed by atoms with Gasteiger partial charge in [0.2, 0.25) is 0 Å². The van der Waals surface area contributed by atoms with Gasteiger partial charge in [0.1, 0.15) is 0 Å². The fraction of sp³-hybridized carbons (Fsp3) is 0.917. The standard InChI is InChI=1S/C12H16F8N2O2/c1-21(2-3-22-4-6-24-7-5-22)9(23)11(17,18)12(19,20)10(15,16)8(13)14/h8H,2-7H2,1H3. The molecule has 1 heterocycles. The number of morpholine rings is 1. The maximum absolute atomic E-state index is 13.5. The minimum Gasteiger partial charge on any atom is -0.379 e. The third kappa shape index (κ3) is 3.90. The lowest BCUT2D eigenvalue weighted by Gasteiger charge is -2.34. The predicted octanol–water partition coefficient (Wildman–Crippen LogP) is 1.95. The van der Waals surface area contributed by atoms with E-state index in [-0.39, 0.29) is 11.4 Å². The minimum atomic E-state index is -6.53. The molecule has 0 aromatic heterocycles. The zero-order valence-corrected chi connectivity index (χ0v) is 12.6. The van der Waals surface area contributed by atoms with Crippen LogP contribution in [0.4, 0.5) is 35.1 Å². The number of carbonyl (C=O) groups is 1. The molecule has 1 saturated heterocycles. The van der Waals surface area contributed by atoms with Crippen molar-refractivity contribution in [3.05, 3.63) is 0 Å². The summed E-state index contributed by atoms with van der Waals surface area (Å²) in [7, 11) is 0.702. The molecule has 142 valence electrons. The average Bonchev–Trinajstić information content (AvgIpc) is 2.52. The van der Waals surface area contributed by atoms with Gasteiger partial charge < -0.3 is 9.64 Å². The summed E-state index contributed by atoms with van der Waals surface area (Å²) in [5.74, 6) is -21.5. The van der Waals surface area contributed by atoms with Crippen LogP contribution in [0.1, 0.15) is 0 Å². The van der Waals surface area contributed by atoms with E-state index >= 15 is 0 Å². The van der Waals surface area contributed by atoms with Gasteiger partial charge in [-0.3, -0.25) is 9.69 Å². The third-order valence-electron chi connectivity index (χ3n) is 3.56. The van der Waals surface area contributed by atoms with E-state index in [1.165, 1.54) is 0 Å². The first-order valence-electron chi connectivity index (χ1n) is 6.83. The lowest BCUT2D eigenvalue weighted by molar-refractivity contribution is -0.329. The van der Waals surface area contributed by atoms with Gasteiger partial charge in [0.15, 0.2) is 0 Å². The molecular weight excluding hydrogens is 356 g/mol. The number of likely N-dealkylation sites (N-methyl/N-ethyl adjacent to an activating group) is 1. The predicted molar refractivity (Wildman–Crippen MR) is 65.7 cm³/mol. The summed E-state index contributed by atoms with van der Waals surface area (Å²) in [4.78, 5) is 13.2. The Hall–Kier alpha value is -1.17. The molecule has 0 N–H and O–H groups in total. The normalized spacial score (nSPS) is 18.1. The second-order valence-electron chi connectivity index (χ2n) is 5.25. The van der Waals surface area contributed by atoms with Gasteiger partial charge in [0.25, 0.3) is 5.91 Å². The molecular formula is C12H16F8N2O2. The zero-order valence-electron chi connectivity index (χ0n) is 12.6. The van der Waals surface area contributed by atoms with Crippen molar-refractivity contribution in [1.82, 2.24) is 9.80 Å². The summed E-state index contributed by atoms with van der Waals surface area (Å²) in [6, 6.07) is 0.